The van der Waals surface area contributed by atoms with Crippen molar-refractivity contribution < 1.29 is 13.9 Å². The van der Waals surface area contributed by atoms with Crippen LogP contribution in [0.4, 0.5) is 37.1 Å². The Morgan fingerprint density at radius 2 is 1.89 bits per heavy atom. The highest BCUT2D eigenvalue weighted by Crippen LogP contribution is 2.31. The van der Waals surface area contributed by atoms with Gasteiger partial charge in [0.05, 0.1) is 12.3 Å². The summed E-state index contributed by atoms with van der Waals surface area (Å²) >= 11 is 1.35. The number of hydrogen-bond donors (Lipinski definition) is 2. The zero-order chi connectivity index (χ0) is 24.4. The summed E-state index contributed by atoms with van der Waals surface area (Å²) in [6.07, 6.45) is 1.52. The van der Waals surface area contributed by atoms with Gasteiger partial charge in [-0.1, -0.05) is 11.3 Å². The summed E-state index contributed by atoms with van der Waals surface area (Å²) in [6.45, 7) is 4.25. The van der Waals surface area contributed by atoms with E-state index in [-0.39, 0.29) is 12.3 Å². The molecule has 9 nitrogen and oxygen atoms in total. The topological polar surface area (TPSA) is 93.5 Å². The molecule has 5 rings (SSSR count). The minimum absolute atomic E-state index is 0.166. The van der Waals surface area contributed by atoms with Crippen molar-refractivity contribution in [3.05, 3.63) is 54.4 Å². The van der Waals surface area contributed by atoms with Crippen LogP contribution in [0.15, 0.2) is 42.7 Å². The lowest BCUT2D eigenvalue weighted by atomic mass is 10.2. The van der Waals surface area contributed by atoms with Crippen molar-refractivity contribution in [1.82, 2.24) is 24.8 Å². The fraction of sp³-hybridized carbons (Fsp3) is 0.304. The number of piperazine rings is 1. The Hall–Kier alpha value is -3.48. The number of aliphatic hydroxyl groups excluding tert-OH is 1. The van der Waals surface area contributed by atoms with Crippen molar-refractivity contribution in [3.63, 3.8) is 0 Å². The van der Waals surface area contributed by atoms with Crippen LogP contribution in [0.3, 0.4) is 0 Å². The first kappa shape index (κ1) is 23.3. The standard InChI is InChI=1S/C23H24F2N8OS/c1-31(18-4-2-15(24)12-16(18)25)20-5-3-17-22(30-20)35-23(28-17)29-19-13-21(27-14-26-19)33-8-6-32(7-9-33)10-11-34/h2-5,12-14,34H,6-11H2,1H3,(H,26,27,28,29). The molecular formula is C23H24F2N8OS. The summed E-state index contributed by atoms with van der Waals surface area (Å²) in [7, 11) is 1.68. The number of fused-ring (bicyclic) bond motifs is 1. The Labute approximate surface area is 204 Å². The number of benzene rings is 1. The third-order valence-electron chi connectivity index (χ3n) is 5.86. The quantitative estimate of drug-likeness (QED) is 0.398. The number of hydrogen-bond acceptors (Lipinski definition) is 10. The molecule has 35 heavy (non-hydrogen) atoms. The summed E-state index contributed by atoms with van der Waals surface area (Å²) in [5.41, 5.74) is 0.926. The second-order valence-corrected chi connectivity index (χ2v) is 9.08. The largest absolute Gasteiger partial charge is 0.395 e. The summed E-state index contributed by atoms with van der Waals surface area (Å²) < 4.78 is 27.5. The second kappa shape index (κ2) is 10.0. The Morgan fingerprint density at radius 1 is 1.06 bits per heavy atom. The minimum atomic E-state index is -0.657. The molecule has 0 bridgehead atoms. The molecule has 12 heteroatoms. The molecular weight excluding hydrogens is 474 g/mol. The second-order valence-electron chi connectivity index (χ2n) is 8.11. The molecule has 1 saturated heterocycles. The van der Waals surface area contributed by atoms with Crippen molar-refractivity contribution in [2.24, 2.45) is 0 Å². The number of pyridine rings is 1. The minimum Gasteiger partial charge on any atom is -0.395 e. The molecule has 182 valence electrons. The predicted octanol–water partition coefficient (Wildman–Crippen LogP) is 3.39. The zero-order valence-electron chi connectivity index (χ0n) is 19.0. The molecule has 4 aromatic rings. The summed E-state index contributed by atoms with van der Waals surface area (Å²) in [4.78, 5) is 24.6. The molecule has 0 saturated carbocycles. The van der Waals surface area contributed by atoms with Gasteiger partial charge in [0, 0.05) is 51.9 Å². The Kier molecular flexibility index (Phi) is 6.66. The fourth-order valence-corrected chi connectivity index (χ4v) is 4.80. The Morgan fingerprint density at radius 3 is 2.66 bits per heavy atom. The monoisotopic (exact) mass is 498 g/mol. The summed E-state index contributed by atoms with van der Waals surface area (Å²) in [6, 6.07) is 8.90. The van der Waals surface area contributed by atoms with E-state index in [1.54, 1.807) is 18.0 Å². The normalized spacial score (nSPS) is 14.5. The first-order valence-electron chi connectivity index (χ1n) is 11.1. The van der Waals surface area contributed by atoms with E-state index in [1.807, 2.05) is 12.1 Å². The van der Waals surface area contributed by atoms with E-state index in [2.05, 4.69) is 35.1 Å². The number of thiazole rings is 1. The maximum atomic E-state index is 14.2. The number of aliphatic hydroxyl groups is 1. The molecule has 3 aromatic heterocycles. The third-order valence-corrected chi connectivity index (χ3v) is 6.74. The van der Waals surface area contributed by atoms with Gasteiger partial charge in [0.2, 0.25) is 0 Å². The van der Waals surface area contributed by atoms with Gasteiger partial charge in [0.15, 0.2) is 5.13 Å². The van der Waals surface area contributed by atoms with Gasteiger partial charge in [-0.15, -0.1) is 0 Å². The van der Waals surface area contributed by atoms with Gasteiger partial charge >= 0.3 is 0 Å². The van der Waals surface area contributed by atoms with Crippen LogP contribution in [0.2, 0.25) is 0 Å². The number of nitrogens with zero attached hydrogens (tertiary/aromatic N) is 7. The molecule has 1 aliphatic heterocycles. The molecule has 2 N–H and O–H groups in total. The van der Waals surface area contributed by atoms with Crippen LogP contribution in [0.5, 0.6) is 0 Å². The molecule has 0 radical (unpaired) electrons. The predicted molar refractivity (Wildman–Crippen MR) is 133 cm³/mol. The van der Waals surface area contributed by atoms with Crippen LogP contribution in [0, 0.1) is 11.6 Å². The van der Waals surface area contributed by atoms with Gasteiger partial charge in [-0.05, 0) is 24.3 Å². The molecule has 0 spiro atoms. The van der Waals surface area contributed by atoms with Crippen molar-refractivity contribution in [1.29, 1.82) is 0 Å². The lowest BCUT2D eigenvalue weighted by Gasteiger charge is -2.35. The molecule has 1 aromatic carbocycles. The van der Waals surface area contributed by atoms with E-state index >= 15 is 0 Å². The highest BCUT2D eigenvalue weighted by molar-refractivity contribution is 7.21. The van der Waals surface area contributed by atoms with Crippen LogP contribution in [-0.2, 0) is 0 Å². The number of β-amino-alcohol motifs (C(OH)–C–C–N with tert-alkyl or cyclic N) is 1. The van der Waals surface area contributed by atoms with Crippen molar-refractivity contribution in [2.75, 3.05) is 61.5 Å². The number of halogens is 2. The first-order valence-corrected chi connectivity index (χ1v) is 12.0. The van der Waals surface area contributed by atoms with E-state index < -0.39 is 11.6 Å². The molecule has 4 heterocycles. The van der Waals surface area contributed by atoms with Gasteiger partial charge in [-0.2, -0.15) is 0 Å². The Bertz CT molecular complexity index is 1330. The van der Waals surface area contributed by atoms with Crippen molar-refractivity contribution in [3.8, 4) is 0 Å². The number of nitrogens with one attached hydrogen (secondary N) is 1. The van der Waals surface area contributed by atoms with Gasteiger partial charge in [0.25, 0.3) is 0 Å². The maximum absolute atomic E-state index is 14.2. The third kappa shape index (κ3) is 5.14. The summed E-state index contributed by atoms with van der Waals surface area (Å²) in [5, 5.41) is 13.0. The van der Waals surface area contributed by atoms with Crippen LogP contribution in [0.25, 0.3) is 10.3 Å². The van der Waals surface area contributed by atoms with Gasteiger partial charge in [-0.25, -0.2) is 28.7 Å². The lowest BCUT2D eigenvalue weighted by molar-refractivity contribution is 0.188. The van der Waals surface area contributed by atoms with Crippen molar-refractivity contribution in [2.45, 2.75) is 0 Å². The van der Waals surface area contributed by atoms with Crippen LogP contribution >= 0.6 is 11.3 Å². The van der Waals surface area contributed by atoms with E-state index in [1.165, 1.54) is 29.8 Å². The van der Waals surface area contributed by atoms with E-state index in [9.17, 15) is 8.78 Å². The van der Waals surface area contributed by atoms with E-state index in [0.717, 1.165) is 38.1 Å². The van der Waals surface area contributed by atoms with Crippen molar-refractivity contribution >= 4 is 50.0 Å². The molecule has 1 fully saturated rings. The highest BCUT2D eigenvalue weighted by Gasteiger charge is 2.18. The molecule has 0 unspecified atom stereocenters. The Balaban J connectivity index is 1.31. The average molecular weight is 499 g/mol. The van der Waals surface area contributed by atoms with Crippen LogP contribution in [-0.4, -0.2) is 76.3 Å². The molecule has 0 aliphatic carbocycles. The first-order chi connectivity index (χ1) is 17.0. The maximum Gasteiger partial charge on any atom is 0.190 e. The van der Waals surface area contributed by atoms with Gasteiger partial charge < -0.3 is 20.2 Å². The highest BCUT2D eigenvalue weighted by atomic mass is 32.1. The van der Waals surface area contributed by atoms with E-state index in [4.69, 9.17) is 5.11 Å². The average Bonchev–Trinajstić information content (AvgIpc) is 3.26. The number of aromatic nitrogens is 4. The fourth-order valence-electron chi connectivity index (χ4n) is 3.96. The number of anilines is 5. The zero-order valence-corrected chi connectivity index (χ0v) is 19.8. The summed E-state index contributed by atoms with van der Waals surface area (Å²) in [5.74, 6) is 0.685. The van der Waals surface area contributed by atoms with Crippen LogP contribution < -0.4 is 15.1 Å². The van der Waals surface area contributed by atoms with Gasteiger partial charge in [-0.3, -0.25) is 4.90 Å². The lowest BCUT2D eigenvalue weighted by Crippen LogP contribution is -2.47. The van der Waals surface area contributed by atoms with Gasteiger partial charge in [0.1, 0.15) is 45.8 Å². The smallest absolute Gasteiger partial charge is 0.190 e. The van der Waals surface area contributed by atoms with Crippen LogP contribution in [0.1, 0.15) is 0 Å². The number of rotatable bonds is 7. The van der Waals surface area contributed by atoms with E-state index in [0.29, 0.717) is 33.7 Å². The molecule has 0 amide bonds. The molecule has 0 atom stereocenters. The SMILES string of the molecule is CN(c1ccc2nc(Nc3cc(N4CCN(CCO)CC4)ncn3)sc2n1)c1ccc(F)cc1F. The molecule has 1 aliphatic rings.